The summed E-state index contributed by atoms with van der Waals surface area (Å²) in [5.41, 5.74) is 15.9. The third kappa shape index (κ3) is 6.76. The van der Waals surface area contributed by atoms with Gasteiger partial charge in [-0.25, -0.2) is 14.8 Å². The topological polar surface area (TPSA) is 143 Å². The van der Waals surface area contributed by atoms with Crippen molar-refractivity contribution in [2.75, 3.05) is 19.0 Å². The molecular formula is C33H39N7O3. The first-order valence-corrected chi connectivity index (χ1v) is 14.5. The number of nitrogens with one attached hydrogen (secondary N) is 4. The Morgan fingerprint density at radius 3 is 2.37 bits per heavy atom. The molecule has 4 aromatic rings. The van der Waals surface area contributed by atoms with Gasteiger partial charge in [0.05, 0.1) is 22.8 Å². The molecule has 0 radical (unpaired) electrons. The van der Waals surface area contributed by atoms with Gasteiger partial charge in [0.2, 0.25) is 0 Å². The summed E-state index contributed by atoms with van der Waals surface area (Å²) in [5, 5.41) is 6.78. The van der Waals surface area contributed by atoms with Crippen molar-refractivity contribution in [1.82, 2.24) is 26.0 Å². The van der Waals surface area contributed by atoms with E-state index in [1.165, 1.54) is 0 Å². The molecule has 0 bridgehead atoms. The van der Waals surface area contributed by atoms with E-state index in [9.17, 15) is 9.59 Å². The normalized spacial score (nSPS) is 14.8. The molecule has 1 atom stereocenters. The standard InChI is InChI=1S/C33H39N7O3/c1-32(2,3)43-31(42)38-33(16-8-17-33)23-13-11-22(12-14-23)28-24(21-9-6-5-7-10-21)19-25-27(37-28)15-18-36-29(25)39-40-30(41)26(34)20-35-4/h5-7,9-15,18-19,26,35H,8,16-17,20,34H2,1-4H3,(H,36,39)(H,38,42)(H,40,41). The number of likely N-dealkylation sites (N-methyl/N-ethyl adjacent to an activating group) is 1. The molecule has 2 aromatic heterocycles. The number of benzene rings is 2. The lowest BCUT2D eigenvalue weighted by atomic mass is 9.71. The van der Waals surface area contributed by atoms with Crippen LogP contribution in [0.5, 0.6) is 0 Å². The van der Waals surface area contributed by atoms with Crippen molar-refractivity contribution < 1.29 is 14.3 Å². The van der Waals surface area contributed by atoms with Crippen LogP contribution in [0.3, 0.4) is 0 Å². The predicted molar refractivity (Wildman–Crippen MR) is 169 cm³/mol. The number of fused-ring (bicyclic) bond motifs is 1. The Bertz CT molecular complexity index is 1600. The van der Waals surface area contributed by atoms with Crippen molar-refractivity contribution in [3.8, 4) is 22.4 Å². The van der Waals surface area contributed by atoms with Gasteiger partial charge in [-0.1, -0.05) is 54.6 Å². The molecule has 10 heteroatoms. The van der Waals surface area contributed by atoms with Gasteiger partial charge in [0.15, 0.2) is 5.82 Å². The minimum absolute atomic E-state index is 0.344. The second-order valence-corrected chi connectivity index (χ2v) is 11.9. The fraction of sp³-hybridized carbons (Fsp3) is 0.333. The van der Waals surface area contributed by atoms with Gasteiger partial charge < -0.3 is 21.1 Å². The minimum atomic E-state index is -0.710. The Hall–Kier alpha value is -4.54. The van der Waals surface area contributed by atoms with Crippen molar-refractivity contribution >= 4 is 28.7 Å². The highest BCUT2D eigenvalue weighted by Crippen LogP contribution is 2.43. The number of pyridine rings is 2. The summed E-state index contributed by atoms with van der Waals surface area (Å²) < 4.78 is 5.55. The number of nitrogens with zero attached hydrogens (tertiary/aromatic N) is 2. The molecule has 2 heterocycles. The van der Waals surface area contributed by atoms with Crippen LogP contribution in [0.2, 0.25) is 0 Å². The molecule has 1 fully saturated rings. The molecule has 2 amide bonds. The molecule has 0 aliphatic heterocycles. The van der Waals surface area contributed by atoms with Crippen molar-refractivity contribution in [3.05, 3.63) is 78.5 Å². The highest BCUT2D eigenvalue weighted by molar-refractivity contribution is 5.97. The lowest BCUT2D eigenvalue weighted by molar-refractivity contribution is -0.121. The Balaban J connectivity index is 1.49. The molecule has 1 saturated carbocycles. The second kappa shape index (κ2) is 12.4. The number of aromatic nitrogens is 2. The number of anilines is 1. The van der Waals surface area contributed by atoms with Crippen molar-refractivity contribution in [3.63, 3.8) is 0 Å². The van der Waals surface area contributed by atoms with Crippen molar-refractivity contribution in [2.45, 2.75) is 57.2 Å². The number of hydrogen-bond acceptors (Lipinski definition) is 8. The number of nitrogens with two attached hydrogens (primary N) is 1. The van der Waals surface area contributed by atoms with E-state index in [1.807, 2.05) is 63.2 Å². The van der Waals surface area contributed by atoms with Gasteiger partial charge >= 0.3 is 6.09 Å². The summed E-state index contributed by atoms with van der Waals surface area (Å²) >= 11 is 0. The van der Waals surface area contributed by atoms with Crippen LogP contribution in [-0.2, 0) is 15.1 Å². The van der Waals surface area contributed by atoms with Crippen LogP contribution < -0.4 is 27.2 Å². The molecule has 224 valence electrons. The van der Waals surface area contributed by atoms with E-state index in [0.717, 1.165) is 52.6 Å². The zero-order chi connectivity index (χ0) is 30.6. The van der Waals surface area contributed by atoms with Crippen LogP contribution in [0.4, 0.5) is 10.6 Å². The fourth-order valence-corrected chi connectivity index (χ4v) is 5.24. The van der Waals surface area contributed by atoms with E-state index < -0.39 is 23.3 Å². The van der Waals surface area contributed by atoms with Gasteiger partial charge in [-0.2, -0.15) is 0 Å². The monoisotopic (exact) mass is 581 g/mol. The number of ether oxygens (including phenoxy) is 1. The maximum Gasteiger partial charge on any atom is 0.408 e. The Morgan fingerprint density at radius 1 is 1.02 bits per heavy atom. The molecule has 2 aromatic carbocycles. The summed E-state index contributed by atoms with van der Waals surface area (Å²) in [7, 11) is 1.74. The zero-order valence-corrected chi connectivity index (χ0v) is 25.0. The molecule has 1 unspecified atom stereocenters. The molecule has 5 rings (SSSR count). The van der Waals surface area contributed by atoms with Crippen LogP contribution in [0, 0.1) is 0 Å². The van der Waals surface area contributed by atoms with Crippen LogP contribution in [0.15, 0.2) is 72.9 Å². The summed E-state index contributed by atoms with van der Waals surface area (Å²) in [6.45, 7) is 5.93. The van der Waals surface area contributed by atoms with E-state index in [2.05, 4.69) is 50.7 Å². The minimum Gasteiger partial charge on any atom is -0.444 e. The Kier molecular flexibility index (Phi) is 8.61. The highest BCUT2D eigenvalue weighted by Gasteiger charge is 2.41. The van der Waals surface area contributed by atoms with Gasteiger partial charge in [0.25, 0.3) is 5.91 Å². The third-order valence-corrected chi connectivity index (χ3v) is 7.55. The van der Waals surface area contributed by atoms with Crippen LogP contribution in [0.1, 0.15) is 45.6 Å². The number of hydrazine groups is 1. The molecular weight excluding hydrogens is 542 g/mol. The van der Waals surface area contributed by atoms with E-state index in [4.69, 9.17) is 15.5 Å². The van der Waals surface area contributed by atoms with Gasteiger partial charge in [0.1, 0.15) is 5.60 Å². The van der Waals surface area contributed by atoms with E-state index in [1.54, 1.807) is 13.2 Å². The third-order valence-electron chi connectivity index (χ3n) is 7.55. The average Bonchev–Trinajstić information content (AvgIpc) is 2.97. The molecule has 6 N–H and O–H groups in total. The average molecular weight is 582 g/mol. The molecule has 0 saturated heterocycles. The van der Waals surface area contributed by atoms with Gasteiger partial charge in [0, 0.05) is 29.3 Å². The van der Waals surface area contributed by atoms with E-state index in [0.29, 0.717) is 17.9 Å². The first kappa shape index (κ1) is 29.9. The first-order valence-electron chi connectivity index (χ1n) is 14.5. The molecule has 1 aliphatic rings. The van der Waals surface area contributed by atoms with Crippen molar-refractivity contribution in [1.29, 1.82) is 0 Å². The van der Waals surface area contributed by atoms with Crippen LogP contribution >= 0.6 is 0 Å². The number of rotatable bonds is 9. The Labute approximate surface area is 251 Å². The van der Waals surface area contributed by atoms with Crippen molar-refractivity contribution in [2.24, 2.45) is 5.73 Å². The van der Waals surface area contributed by atoms with Gasteiger partial charge in [-0.05, 0) is 70.3 Å². The number of carbonyl (C=O) groups is 2. The zero-order valence-electron chi connectivity index (χ0n) is 25.0. The summed E-state index contributed by atoms with van der Waals surface area (Å²) in [4.78, 5) is 34.6. The van der Waals surface area contributed by atoms with Crippen LogP contribution in [-0.4, -0.2) is 47.2 Å². The Morgan fingerprint density at radius 2 is 1.74 bits per heavy atom. The fourth-order valence-electron chi connectivity index (χ4n) is 5.24. The van der Waals surface area contributed by atoms with Gasteiger partial charge in [-0.15, -0.1) is 0 Å². The number of amides is 2. The summed E-state index contributed by atoms with van der Waals surface area (Å²) in [6.07, 6.45) is 3.99. The number of hydrogen-bond donors (Lipinski definition) is 5. The van der Waals surface area contributed by atoms with E-state index in [-0.39, 0.29) is 5.91 Å². The number of alkyl carbamates (subject to hydrolysis) is 1. The molecule has 10 nitrogen and oxygen atoms in total. The molecule has 1 aliphatic carbocycles. The molecule has 0 spiro atoms. The smallest absolute Gasteiger partial charge is 0.408 e. The highest BCUT2D eigenvalue weighted by atomic mass is 16.6. The predicted octanol–water partition coefficient (Wildman–Crippen LogP) is 4.86. The largest absolute Gasteiger partial charge is 0.444 e. The maximum atomic E-state index is 12.6. The molecule has 43 heavy (non-hydrogen) atoms. The first-order chi connectivity index (χ1) is 20.6. The lowest BCUT2D eigenvalue weighted by Gasteiger charge is -2.43. The quantitative estimate of drug-likeness (QED) is 0.176. The van der Waals surface area contributed by atoms with Crippen LogP contribution in [0.25, 0.3) is 33.3 Å². The number of carbonyl (C=O) groups excluding carboxylic acids is 2. The summed E-state index contributed by atoms with van der Waals surface area (Å²) in [6, 6.07) is 21.4. The second-order valence-electron chi connectivity index (χ2n) is 11.9. The maximum absolute atomic E-state index is 12.6. The summed E-state index contributed by atoms with van der Waals surface area (Å²) in [5.74, 6) is 0.112. The van der Waals surface area contributed by atoms with Gasteiger partial charge in [-0.3, -0.25) is 15.6 Å². The van der Waals surface area contributed by atoms with E-state index >= 15 is 0 Å². The SMILES string of the molecule is CNCC(N)C(=O)NNc1nccc2nc(-c3ccc(C4(NC(=O)OC(C)(C)C)CCC4)cc3)c(-c3ccccc3)cc12. The lowest BCUT2D eigenvalue weighted by Crippen LogP contribution is -2.52.